The van der Waals surface area contributed by atoms with Gasteiger partial charge >= 0.3 is 17.9 Å². The summed E-state index contributed by atoms with van der Waals surface area (Å²) in [6.45, 7) is 4.52. The summed E-state index contributed by atoms with van der Waals surface area (Å²) in [6.07, 6.45) is 65.7. The maximum atomic E-state index is 12.8. The SMILES string of the molecule is CC/C=C/C/C=C/C/C=C/C/C=C/C/C=C/C/C=C/C/C=C/CCCC(=O)OC(COCCC(C(=O)O)[N+](C)(C)C)COC(=O)CCCCCCCCCCCC/C=C/C=C/CCCCC. The number of allylic oxidation sites excluding steroid dienone is 18. The molecule has 0 radical (unpaired) electrons. The first-order chi connectivity index (χ1) is 32.1. The molecule has 8 heteroatoms. The number of hydrogen-bond acceptors (Lipinski definition) is 6. The van der Waals surface area contributed by atoms with E-state index >= 15 is 0 Å². The predicted molar refractivity (Wildman–Crippen MR) is 279 cm³/mol. The maximum absolute atomic E-state index is 12.8. The lowest BCUT2D eigenvalue weighted by Crippen LogP contribution is -2.50. The van der Waals surface area contributed by atoms with Gasteiger partial charge in [-0.15, -0.1) is 0 Å². The molecule has 0 aliphatic carbocycles. The second kappa shape index (κ2) is 47.5. The van der Waals surface area contributed by atoms with Crippen LogP contribution in [0.5, 0.6) is 0 Å². The number of quaternary nitrogens is 1. The fraction of sp³-hybridized carbons (Fsp3) is 0.638. The summed E-state index contributed by atoms with van der Waals surface area (Å²) in [5.41, 5.74) is 0. The normalized spacial score (nSPS) is 13.8. The molecular weight excluding hydrogens is 823 g/mol. The first-order valence-electron chi connectivity index (χ1n) is 25.9. The Balaban J connectivity index is 4.39. The molecular formula is C58H96NO7+. The molecule has 0 aromatic rings. The van der Waals surface area contributed by atoms with E-state index < -0.39 is 18.1 Å². The fourth-order valence-electron chi connectivity index (χ4n) is 6.95. The first kappa shape index (κ1) is 62.0. The Labute approximate surface area is 404 Å². The standard InChI is InChI=1S/C58H95NO7/c1-6-8-10-12-14-16-18-20-22-24-26-27-28-29-31-33-35-37-39-41-43-45-47-49-57(61)66-54(52-64-51-50-55(58(62)63)59(3,4)5)53-65-56(60)48-46-44-42-40-38-36-34-32-30-25-23-21-19-17-15-13-11-9-7-2/h8,10,14-17,19-22,26-27,29,31,35,37,41,43,54-55H,6-7,9,11-13,18,23-25,28,30,32-34,36,38-40,42,44-53H2,1-5H3/p+1/b10-8+,16-14+,17-15+,21-19+,22-20+,27-26+,31-29+,37-35+,43-41+. The lowest BCUT2D eigenvalue weighted by atomic mass is 10.1. The Bertz CT molecular complexity index is 1440. The number of unbranched alkanes of at least 4 members (excludes halogenated alkanes) is 14. The van der Waals surface area contributed by atoms with Crippen LogP contribution in [0.1, 0.15) is 187 Å². The average Bonchev–Trinajstić information content (AvgIpc) is 3.28. The lowest BCUT2D eigenvalue weighted by Gasteiger charge is -2.31. The highest BCUT2D eigenvalue weighted by molar-refractivity contribution is 5.72. The number of carboxylic acid groups (broad SMARTS) is 1. The maximum Gasteiger partial charge on any atom is 0.362 e. The van der Waals surface area contributed by atoms with E-state index in [1.165, 1.54) is 77.0 Å². The van der Waals surface area contributed by atoms with E-state index in [1.54, 1.807) is 0 Å². The molecule has 0 saturated heterocycles. The van der Waals surface area contributed by atoms with Gasteiger partial charge < -0.3 is 23.8 Å². The summed E-state index contributed by atoms with van der Waals surface area (Å²) < 4.78 is 17.3. The lowest BCUT2D eigenvalue weighted by molar-refractivity contribution is -0.887. The van der Waals surface area contributed by atoms with E-state index in [4.69, 9.17) is 14.2 Å². The summed E-state index contributed by atoms with van der Waals surface area (Å²) in [4.78, 5) is 37.2. The minimum Gasteiger partial charge on any atom is -0.477 e. The van der Waals surface area contributed by atoms with E-state index in [-0.39, 0.29) is 42.7 Å². The molecule has 0 aromatic carbocycles. The van der Waals surface area contributed by atoms with Crippen molar-refractivity contribution in [3.05, 3.63) is 109 Å². The number of esters is 2. The van der Waals surface area contributed by atoms with Crippen molar-refractivity contribution in [2.24, 2.45) is 0 Å². The molecule has 66 heavy (non-hydrogen) atoms. The predicted octanol–water partition coefficient (Wildman–Crippen LogP) is 15.2. The van der Waals surface area contributed by atoms with E-state index in [2.05, 4.69) is 123 Å². The van der Waals surface area contributed by atoms with Crippen LogP contribution in [0.25, 0.3) is 0 Å². The summed E-state index contributed by atoms with van der Waals surface area (Å²) in [5, 5.41) is 9.66. The van der Waals surface area contributed by atoms with Crippen molar-refractivity contribution in [3.8, 4) is 0 Å². The van der Waals surface area contributed by atoms with Crippen LogP contribution in [0.2, 0.25) is 0 Å². The topological polar surface area (TPSA) is 99.1 Å². The van der Waals surface area contributed by atoms with E-state index in [0.29, 0.717) is 19.3 Å². The third-order valence-electron chi connectivity index (χ3n) is 10.9. The smallest absolute Gasteiger partial charge is 0.362 e. The van der Waals surface area contributed by atoms with E-state index in [1.807, 2.05) is 21.1 Å². The van der Waals surface area contributed by atoms with Crippen molar-refractivity contribution < 1.29 is 38.2 Å². The Morgan fingerprint density at radius 1 is 0.485 bits per heavy atom. The number of rotatable bonds is 45. The number of carboxylic acids is 1. The molecule has 0 saturated carbocycles. The largest absolute Gasteiger partial charge is 0.477 e. The second-order valence-electron chi connectivity index (χ2n) is 18.1. The molecule has 0 amide bonds. The van der Waals surface area contributed by atoms with Gasteiger partial charge in [0.05, 0.1) is 34.4 Å². The van der Waals surface area contributed by atoms with Gasteiger partial charge in [0.25, 0.3) is 0 Å². The zero-order chi connectivity index (χ0) is 48.4. The van der Waals surface area contributed by atoms with Gasteiger partial charge in [0.15, 0.2) is 12.1 Å². The van der Waals surface area contributed by atoms with Crippen LogP contribution in [-0.2, 0) is 28.6 Å². The number of likely N-dealkylation sites (N-methyl/N-ethyl adjacent to an activating group) is 1. The average molecular weight is 919 g/mol. The fourth-order valence-corrected chi connectivity index (χ4v) is 6.95. The molecule has 0 fully saturated rings. The number of hydrogen-bond donors (Lipinski definition) is 1. The third-order valence-corrected chi connectivity index (χ3v) is 10.9. The number of ether oxygens (including phenoxy) is 3. The monoisotopic (exact) mass is 919 g/mol. The van der Waals surface area contributed by atoms with E-state index in [0.717, 1.165) is 70.6 Å². The van der Waals surface area contributed by atoms with Gasteiger partial charge in [0, 0.05) is 19.3 Å². The zero-order valence-corrected chi connectivity index (χ0v) is 42.6. The number of aliphatic carboxylic acids is 1. The van der Waals surface area contributed by atoms with Crippen LogP contribution in [0.3, 0.4) is 0 Å². The van der Waals surface area contributed by atoms with Gasteiger partial charge in [-0.05, 0) is 89.9 Å². The number of carbonyl (C=O) groups excluding carboxylic acids is 2. The molecule has 0 bridgehead atoms. The number of carbonyl (C=O) groups is 3. The van der Waals surface area contributed by atoms with Gasteiger partial charge in [0.2, 0.25) is 0 Å². The molecule has 0 rings (SSSR count). The van der Waals surface area contributed by atoms with Crippen molar-refractivity contribution in [3.63, 3.8) is 0 Å². The first-order valence-corrected chi connectivity index (χ1v) is 25.9. The minimum absolute atomic E-state index is 0.0300. The van der Waals surface area contributed by atoms with Crippen LogP contribution in [-0.4, -0.2) is 80.6 Å². The zero-order valence-electron chi connectivity index (χ0n) is 42.6. The molecule has 2 unspecified atom stereocenters. The highest BCUT2D eigenvalue weighted by atomic mass is 16.6. The quantitative estimate of drug-likeness (QED) is 0.0213. The molecule has 0 spiro atoms. The van der Waals surface area contributed by atoms with Crippen molar-refractivity contribution in [1.29, 1.82) is 0 Å². The highest BCUT2D eigenvalue weighted by Crippen LogP contribution is 2.14. The Hall–Kier alpha value is -4.01. The van der Waals surface area contributed by atoms with Gasteiger partial charge in [-0.2, -0.15) is 0 Å². The van der Waals surface area contributed by atoms with Gasteiger partial charge in [-0.1, -0.05) is 187 Å². The van der Waals surface area contributed by atoms with Crippen molar-refractivity contribution in [1.82, 2.24) is 0 Å². The Kier molecular flexibility index (Phi) is 44.6. The second-order valence-corrected chi connectivity index (χ2v) is 18.1. The van der Waals surface area contributed by atoms with Crippen LogP contribution in [0.15, 0.2) is 109 Å². The van der Waals surface area contributed by atoms with Gasteiger partial charge in [-0.3, -0.25) is 9.59 Å². The molecule has 0 aliphatic heterocycles. The number of nitrogens with zero attached hydrogens (tertiary/aromatic N) is 1. The van der Waals surface area contributed by atoms with Crippen LogP contribution >= 0.6 is 0 Å². The van der Waals surface area contributed by atoms with Crippen LogP contribution in [0, 0.1) is 0 Å². The van der Waals surface area contributed by atoms with Crippen molar-refractivity contribution in [2.45, 2.75) is 199 Å². The Morgan fingerprint density at radius 2 is 0.909 bits per heavy atom. The molecule has 374 valence electrons. The van der Waals surface area contributed by atoms with Crippen molar-refractivity contribution >= 4 is 17.9 Å². The van der Waals surface area contributed by atoms with E-state index in [9.17, 15) is 19.5 Å². The Morgan fingerprint density at radius 3 is 1.38 bits per heavy atom. The molecule has 0 aromatic heterocycles. The molecule has 0 aliphatic rings. The third kappa shape index (κ3) is 45.2. The summed E-state index contributed by atoms with van der Waals surface area (Å²) in [6, 6.07) is -0.633. The van der Waals surface area contributed by atoms with Gasteiger partial charge in [0.1, 0.15) is 6.61 Å². The van der Waals surface area contributed by atoms with Crippen LogP contribution < -0.4 is 0 Å². The van der Waals surface area contributed by atoms with Crippen molar-refractivity contribution in [2.75, 3.05) is 41.0 Å². The summed E-state index contributed by atoms with van der Waals surface area (Å²) in [7, 11) is 5.50. The summed E-state index contributed by atoms with van der Waals surface area (Å²) >= 11 is 0. The molecule has 0 heterocycles. The highest BCUT2D eigenvalue weighted by Gasteiger charge is 2.31. The minimum atomic E-state index is -0.888. The van der Waals surface area contributed by atoms with Crippen LogP contribution in [0.4, 0.5) is 0 Å². The molecule has 8 nitrogen and oxygen atoms in total. The molecule has 1 N–H and O–H groups in total. The van der Waals surface area contributed by atoms with Gasteiger partial charge in [-0.25, -0.2) is 4.79 Å². The molecule has 2 atom stereocenters. The summed E-state index contributed by atoms with van der Waals surface area (Å²) in [5.74, 6) is -1.56.